The summed E-state index contributed by atoms with van der Waals surface area (Å²) in [5, 5.41) is 0. The lowest BCUT2D eigenvalue weighted by molar-refractivity contribution is 0.578. The van der Waals surface area contributed by atoms with Gasteiger partial charge in [-0.2, -0.15) is 4.37 Å². The van der Waals surface area contributed by atoms with Gasteiger partial charge in [-0.3, -0.25) is 0 Å². The van der Waals surface area contributed by atoms with Crippen molar-refractivity contribution in [2.75, 3.05) is 0 Å². The van der Waals surface area contributed by atoms with Crippen molar-refractivity contribution in [1.82, 2.24) is 9.36 Å². The van der Waals surface area contributed by atoms with E-state index in [9.17, 15) is 0 Å². The van der Waals surface area contributed by atoms with Crippen LogP contribution in [0.3, 0.4) is 0 Å². The first-order chi connectivity index (χ1) is 5.36. The molecule has 0 spiro atoms. The Morgan fingerprint density at radius 2 is 2.45 bits per heavy atom. The predicted molar refractivity (Wildman–Crippen MR) is 42.6 cm³/mol. The van der Waals surface area contributed by atoms with Crippen LogP contribution < -0.4 is 0 Å². The van der Waals surface area contributed by atoms with Crippen LogP contribution in [0.2, 0.25) is 4.47 Å². The number of rotatable bonds is 1. The number of hydrogen-bond donors (Lipinski definition) is 0. The normalized spacial score (nSPS) is 10.3. The fourth-order valence-electron chi connectivity index (χ4n) is 0.711. The Kier molecular flexibility index (Phi) is 1.63. The summed E-state index contributed by atoms with van der Waals surface area (Å²) in [5.41, 5.74) is 0. The Balaban J connectivity index is 2.45. The summed E-state index contributed by atoms with van der Waals surface area (Å²) in [6.07, 6.45) is 1.57. The van der Waals surface area contributed by atoms with Gasteiger partial charge in [0.2, 0.25) is 10.3 Å². The van der Waals surface area contributed by atoms with Crippen LogP contribution in [-0.4, -0.2) is 9.36 Å². The molecule has 0 aliphatic heterocycles. The van der Waals surface area contributed by atoms with Crippen molar-refractivity contribution in [2.24, 2.45) is 0 Å². The quantitative estimate of drug-likeness (QED) is 0.687. The van der Waals surface area contributed by atoms with Gasteiger partial charge < -0.3 is 4.42 Å². The van der Waals surface area contributed by atoms with Crippen LogP contribution in [0.25, 0.3) is 11.6 Å². The van der Waals surface area contributed by atoms with E-state index in [4.69, 9.17) is 16.0 Å². The van der Waals surface area contributed by atoms with Crippen molar-refractivity contribution >= 4 is 23.1 Å². The van der Waals surface area contributed by atoms with Gasteiger partial charge in [0.05, 0.1) is 6.26 Å². The van der Waals surface area contributed by atoms with E-state index in [1.165, 1.54) is 0 Å². The second kappa shape index (κ2) is 2.64. The minimum absolute atomic E-state index is 0.427. The molecule has 0 saturated carbocycles. The topological polar surface area (TPSA) is 38.9 Å². The minimum Gasteiger partial charge on any atom is -0.461 e. The van der Waals surface area contributed by atoms with Crippen LogP contribution in [-0.2, 0) is 0 Å². The Morgan fingerprint density at radius 1 is 1.55 bits per heavy atom. The summed E-state index contributed by atoms with van der Waals surface area (Å²) in [6, 6.07) is 3.57. The first-order valence-corrected chi connectivity index (χ1v) is 4.04. The molecular formula is C6H3ClN2OS. The van der Waals surface area contributed by atoms with Crippen molar-refractivity contribution in [3.8, 4) is 11.6 Å². The molecule has 0 saturated heterocycles. The molecule has 56 valence electrons. The van der Waals surface area contributed by atoms with Crippen LogP contribution in [0.15, 0.2) is 22.8 Å². The van der Waals surface area contributed by atoms with Gasteiger partial charge in [0.15, 0.2) is 5.76 Å². The van der Waals surface area contributed by atoms with Gasteiger partial charge in [-0.15, -0.1) is 0 Å². The van der Waals surface area contributed by atoms with E-state index < -0.39 is 0 Å². The summed E-state index contributed by atoms with van der Waals surface area (Å²) < 4.78 is 9.45. The molecule has 0 aromatic carbocycles. The highest BCUT2D eigenvalue weighted by Gasteiger charge is 2.05. The third-order valence-electron chi connectivity index (χ3n) is 1.14. The van der Waals surface area contributed by atoms with Gasteiger partial charge in [0.25, 0.3) is 0 Å². The molecule has 2 aromatic rings. The summed E-state index contributed by atoms with van der Waals surface area (Å²) >= 11 is 6.73. The van der Waals surface area contributed by atoms with Gasteiger partial charge in [-0.1, -0.05) is 0 Å². The largest absolute Gasteiger partial charge is 0.461 e. The second-order valence-electron chi connectivity index (χ2n) is 1.85. The van der Waals surface area contributed by atoms with Gasteiger partial charge in [-0.05, 0) is 35.3 Å². The summed E-state index contributed by atoms with van der Waals surface area (Å²) in [5.74, 6) is 1.19. The molecule has 0 N–H and O–H groups in total. The number of nitrogens with zero attached hydrogens (tertiary/aromatic N) is 2. The number of halogens is 1. The standard InChI is InChI=1S/C6H3ClN2OS/c7-6-8-5(9-11-6)4-2-1-3-10-4/h1-3H. The molecule has 0 radical (unpaired) electrons. The molecule has 0 atom stereocenters. The van der Waals surface area contributed by atoms with Crippen molar-refractivity contribution in [2.45, 2.75) is 0 Å². The molecule has 3 nitrogen and oxygen atoms in total. The van der Waals surface area contributed by atoms with E-state index in [2.05, 4.69) is 9.36 Å². The van der Waals surface area contributed by atoms with Crippen molar-refractivity contribution in [1.29, 1.82) is 0 Å². The smallest absolute Gasteiger partial charge is 0.210 e. The predicted octanol–water partition coefficient (Wildman–Crippen LogP) is 2.45. The number of furan rings is 1. The molecule has 0 unspecified atom stereocenters. The number of hydrogen-bond acceptors (Lipinski definition) is 4. The van der Waals surface area contributed by atoms with Crippen molar-refractivity contribution in [3.63, 3.8) is 0 Å². The molecule has 0 aliphatic carbocycles. The monoisotopic (exact) mass is 186 g/mol. The SMILES string of the molecule is Clc1nc(-c2ccco2)ns1. The Bertz CT molecular complexity index is 343. The number of aromatic nitrogens is 2. The first-order valence-electron chi connectivity index (χ1n) is 2.89. The van der Waals surface area contributed by atoms with E-state index in [1.54, 1.807) is 18.4 Å². The Morgan fingerprint density at radius 3 is 3.00 bits per heavy atom. The van der Waals surface area contributed by atoms with Gasteiger partial charge >= 0.3 is 0 Å². The van der Waals surface area contributed by atoms with E-state index in [0.29, 0.717) is 16.1 Å². The highest BCUT2D eigenvalue weighted by Crippen LogP contribution is 2.20. The fraction of sp³-hybridized carbons (Fsp3) is 0. The van der Waals surface area contributed by atoms with Gasteiger partial charge in [0.1, 0.15) is 0 Å². The molecule has 0 aliphatic rings. The van der Waals surface area contributed by atoms with Crippen LogP contribution >= 0.6 is 23.1 Å². The van der Waals surface area contributed by atoms with E-state index in [-0.39, 0.29) is 0 Å². The maximum absolute atomic E-state index is 5.58. The lowest BCUT2D eigenvalue weighted by Crippen LogP contribution is -1.73. The zero-order valence-corrected chi connectivity index (χ0v) is 6.89. The summed E-state index contributed by atoms with van der Waals surface area (Å²) in [4.78, 5) is 3.93. The van der Waals surface area contributed by atoms with Crippen molar-refractivity contribution in [3.05, 3.63) is 22.9 Å². The van der Waals surface area contributed by atoms with E-state index in [0.717, 1.165) is 11.5 Å². The van der Waals surface area contributed by atoms with Gasteiger partial charge in [0, 0.05) is 0 Å². The molecule has 5 heteroatoms. The van der Waals surface area contributed by atoms with Crippen LogP contribution in [0, 0.1) is 0 Å². The van der Waals surface area contributed by atoms with Crippen LogP contribution in [0.5, 0.6) is 0 Å². The van der Waals surface area contributed by atoms with E-state index >= 15 is 0 Å². The maximum atomic E-state index is 5.58. The van der Waals surface area contributed by atoms with Gasteiger partial charge in [-0.25, -0.2) is 4.98 Å². The highest BCUT2D eigenvalue weighted by atomic mass is 35.5. The zero-order valence-electron chi connectivity index (χ0n) is 5.32. The molecule has 2 heterocycles. The highest BCUT2D eigenvalue weighted by molar-refractivity contribution is 7.10. The Hall–Kier alpha value is -0.870. The molecule has 0 bridgehead atoms. The maximum Gasteiger partial charge on any atom is 0.210 e. The molecule has 11 heavy (non-hydrogen) atoms. The van der Waals surface area contributed by atoms with Crippen LogP contribution in [0.1, 0.15) is 0 Å². The zero-order chi connectivity index (χ0) is 7.68. The molecular weight excluding hydrogens is 184 g/mol. The Labute approximate surface area is 71.8 Å². The molecule has 0 amide bonds. The van der Waals surface area contributed by atoms with Crippen molar-refractivity contribution < 1.29 is 4.42 Å². The third kappa shape index (κ3) is 1.27. The molecule has 2 aromatic heterocycles. The summed E-state index contributed by atoms with van der Waals surface area (Å²) in [7, 11) is 0. The average Bonchev–Trinajstić information content (AvgIpc) is 2.55. The minimum atomic E-state index is 0.427. The van der Waals surface area contributed by atoms with Crippen LogP contribution in [0.4, 0.5) is 0 Å². The third-order valence-corrected chi connectivity index (χ3v) is 1.94. The lowest BCUT2D eigenvalue weighted by Gasteiger charge is -1.82. The average molecular weight is 187 g/mol. The molecule has 0 fully saturated rings. The lowest BCUT2D eigenvalue weighted by atomic mass is 10.4. The second-order valence-corrected chi connectivity index (χ2v) is 3.18. The van der Waals surface area contributed by atoms with E-state index in [1.807, 2.05) is 0 Å². The summed E-state index contributed by atoms with van der Waals surface area (Å²) in [6.45, 7) is 0. The fourth-order valence-corrected chi connectivity index (χ4v) is 1.31. The molecule has 2 rings (SSSR count). The first kappa shape index (κ1) is 6.82.